The van der Waals surface area contributed by atoms with Crippen molar-refractivity contribution in [1.82, 2.24) is 14.5 Å². The number of hydrogen-bond acceptors (Lipinski definition) is 4. The van der Waals surface area contributed by atoms with Crippen LogP contribution >= 0.6 is 0 Å². The number of amides is 1. The standard InChI is InChI=1S/C22H35N3O3S/c1-16-9-10-20(15-18(16)3)29(27,28)25-13-11-24(12-14-25)19(4)22(26)23-21-8-6-5-7-17(21)2/h9-10,15,17,19,21H,5-8,11-14H2,1-4H3,(H,23,26)/t17-,19-,21+/m0/s1. The van der Waals surface area contributed by atoms with Gasteiger partial charge in [-0.25, -0.2) is 8.42 Å². The molecule has 1 aromatic carbocycles. The molecule has 7 heteroatoms. The van der Waals surface area contributed by atoms with Gasteiger partial charge >= 0.3 is 0 Å². The highest BCUT2D eigenvalue weighted by Gasteiger charge is 2.33. The van der Waals surface area contributed by atoms with Gasteiger partial charge in [-0.2, -0.15) is 4.31 Å². The number of benzene rings is 1. The van der Waals surface area contributed by atoms with Crippen LogP contribution in [0.4, 0.5) is 0 Å². The Bertz CT molecular complexity index is 832. The summed E-state index contributed by atoms with van der Waals surface area (Å²) in [4.78, 5) is 15.2. The summed E-state index contributed by atoms with van der Waals surface area (Å²) in [5.74, 6) is 0.592. The third-order valence-electron chi connectivity index (χ3n) is 6.76. The van der Waals surface area contributed by atoms with E-state index in [9.17, 15) is 13.2 Å². The van der Waals surface area contributed by atoms with Crippen LogP contribution in [0.2, 0.25) is 0 Å². The second-order valence-electron chi connectivity index (χ2n) is 8.74. The van der Waals surface area contributed by atoms with E-state index in [0.717, 1.165) is 17.5 Å². The predicted octanol–water partition coefficient (Wildman–Crippen LogP) is 2.69. The molecule has 0 unspecified atom stereocenters. The Kier molecular flexibility index (Phi) is 7.02. The van der Waals surface area contributed by atoms with Crippen molar-refractivity contribution in [3.05, 3.63) is 29.3 Å². The summed E-state index contributed by atoms with van der Waals surface area (Å²) < 4.78 is 27.5. The van der Waals surface area contributed by atoms with Crippen LogP contribution in [0.3, 0.4) is 0 Å². The molecule has 2 aliphatic rings. The van der Waals surface area contributed by atoms with Crippen molar-refractivity contribution in [2.75, 3.05) is 26.2 Å². The van der Waals surface area contributed by atoms with E-state index in [1.165, 1.54) is 19.3 Å². The van der Waals surface area contributed by atoms with Gasteiger partial charge in [0.2, 0.25) is 15.9 Å². The molecule has 1 aromatic rings. The van der Waals surface area contributed by atoms with Gasteiger partial charge in [0, 0.05) is 32.2 Å². The van der Waals surface area contributed by atoms with Crippen LogP contribution in [0.25, 0.3) is 0 Å². The summed E-state index contributed by atoms with van der Waals surface area (Å²) in [5, 5.41) is 3.23. The summed E-state index contributed by atoms with van der Waals surface area (Å²) in [6.45, 7) is 10.0. The Morgan fingerprint density at radius 3 is 2.34 bits per heavy atom. The third kappa shape index (κ3) is 5.01. The molecule has 6 nitrogen and oxygen atoms in total. The normalized spacial score (nSPS) is 25.5. The molecule has 3 atom stereocenters. The average molecular weight is 422 g/mol. The van der Waals surface area contributed by atoms with Gasteiger partial charge in [0.1, 0.15) is 0 Å². The Balaban J connectivity index is 1.57. The molecule has 1 aliphatic carbocycles. The number of rotatable bonds is 5. The van der Waals surface area contributed by atoms with Crippen molar-refractivity contribution in [3.8, 4) is 0 Å². The van der Waals surface area contributed by atoms with Crippen LogP contribution in [-0.4, -0.2) is 61.8 Å². The molecule has 29 heavy (non-hydrogen) atoms. The van der Waals surface area contributed by atoms with Gasteiger partial charge in [-0.3, -0.25) is 9.69 Å². The molecule has 1 N–H and O–H groups in total. The first-order valence-electron chi connectivity index (χ1n) is 10.8. The second kappa shape index (κ2) is 9.14. The van der Waals surface area contributed by atoms with Crippen LogP contribution in [-0.2, 0) is 14.8 Å². The molecular formula is C22H35N3O3S. The van der Waals surface area contributed by atoms with Crippen LogP contribution in [0, 0.1) is 19.8 Å². The van der Waals surface area contributed by atoms with Crippen molar-refractivity contribution >= 4 is 15.9 Å². The minimum Gasteiger partial charge on any atom is -0.352 e. The van der Waals surface area contributed by atoms with E-state index in [4.69, 9.17) is 0 Å². The van der Waals surface area contributed by atoms with Crippen molar-refractivity contribution < 1.29 is 13.2 Å². The molecule has 1 saturated carbocycles. The maximum absolute atomic E-state index is 13.0. The number of carbonyl (C=O) groups excluding carboxylic acids is 1. The summed E-state index contributed by atoms with van der Waals surface area (Å²) in [5.41, 5.74) is 2.06. The fourth-order valence-corrected chi connectivity index (χ4v) is 5.86. The molecular weight excluding hydrogens is 386 g/mol. The Morgan fingerprint density at radius 1 is 1.07 bits per heavy atom. The van der Waals surface area contributed by atoms with Crippen molar-refractivity contribution in [3.63, 3.8) is 0 Å². The fraction of sp³-hybridized carbons (Fsp3) is 0.682. The third-order valence-corrected chi connectivity index (χ3v) is 8.65. The first-order chi connectivity index (χ1) is 13.7. The number of hydrogen-bond donors (Lipinski definition) is 1. The number of piperazine rings is 1. The van der Waals surface area contributed by atoms with E-state index in [2.05, 4.69) is 17.1 Å². The maximum Gasteiger partial charge on any atom is 0.243 e. The Hall–Kier alpha value is -1.44. The lowest BCUT2D eigenvalue weighted by atomic mass is 9.86. The van der Waals surface area contributed by atoms with Gasteiger partial charge in [-0.1, -0.05) is 25.8 Å². The zero-order valence-corrected chi connectivity index (χ0v) is 19.0. The minimum absolute atomic E-state index is 0.0641. The summed E-state index contributed by atoms with van der Waals surface area (Å²) in [6.07, 6.45) is 4.66. The van der Waals surface area contributed by atoms with Gasteiger partial charge in [0.05, 0.1) is 10.9 Å². The van der Waals surface area contributed by atoms with E-state index in [-0.39, 0.29) is 18.0 Å². The first kappa shape index (κ1) is 22.2. The molecule has 162 valence electrons. The van der Waals surface area contributed by atoms with E-state index in [0.29, 0.717) is 37.0 Å². The molecule has 1 heterocycles. The lowest BCUT2D eigenvalue weighted by Crippen LogP contribution is -2.56. The van der Waals surface area contributed by atoms with Crippen LogP contribution < -0.4 is 5.32 Å². The van der Waals surface area contributed by atoms with Crippen molar-refractivity contribution in [2.45, 2.75) is 70.4 Å². The SMILES string of the molecule is Cc1ccc(S(=O)(=O)N2CCN([C@@H](C)C(=O)N[C@@H]3CCCC[C@@H]3C)CC2)cc1C. The molecule has 2 fully saturated rings. The van der Waals surface area contributed by atoms with E-state index in [1.807, 2.05) is 26.8 Å². The van der Waals surface area contributed by atoms with Gasteiger partial charge < -0.3 is 5.32 Å². The number of nitrogens with zero attached hydrogens (tertiary/aromatic N) is 2. The van der Waals surface area contributed by atoms with Crippen LogP contribution in [0.15, 0.2) is 23.1 Å². The Labute approximate surface area is 175 Å². The van der Waals surface area contributed by atoms with Gasteiger partial charge in [0.25, 0.3) is 0 Å². The Morgan fingerprint density at radius 2 is 1.72 bits per heavy atom. The van der Waals surface area contributed by atoms with E-state index >= 15 is 0 Å². The molecule has 0 aromatic heterocycles. The van der Waals surface area contributed by atoms with Crippen molar-refractivity contribution in [2.24, 2.45) is 5.92 Å². The lowest BCUT2D eigenvalue weighted by molar-refractivity contribution is -0.127. The zero-order valence-electron chi connectivity index (χ0n) is 18.1. The topological polar surface area (TPSA) is 69.7 Å². The molecule has 3 rings (SSSR count). The van der Waals surface area contributed by atoms with Crippen LogP contribution in [0.1, 0.15) is 50.7 Å². The van der Waals surface area contributed by atoms with E-state index in [1.54, 1.807) is 16.4 Å². The minimum atomic E-state index is -3.49. The molecule has 0 spiro atoms. The molecule has 1 saturated heterocycles. The first-order valence-corrected chi connectivity index (χ1v) is 12.3. The lowest BCUT2D eigenvalue weighted by Gasteiger charge is -2.38. The summed E-state index contributed by atoms with van der Waals surface area (Å²) >= 11 is 0. The summed E-state index contributed by atoms with van der Waals surface area (Å²) in [6, 6.07) is 5.32. The monoisotopic (exact) mass is 421 g/mol. The number of nitrogens with one attached hydrogen (secondary N) is 1. The maximum atomic E-state index is 13.0. The molecule has 0 bridgehead atoms. The molecule has 1 aliphatic heterocycles. The number of aryl methyl sites for hydroxylation is 2. The second-order valence-corrected chi connectivity index (χ2v) is 10.7. The highest BCUT2D eigenvalue weighted by molar-refractivity contribution is 7.89. The number of sulfonamides is 1. The quantitative estimate of drug-likeness (QED) is 0.794. The van der Waals surface area contributed by atoms with E-state index < -0.39 is 10.0 Å². The zero-order chi connectivity index (χ0) is 21.2. The highest BCUT2D eigenvalue weighted by atomic mass is 32.2. The summed E-state index contributed by atoms with van der Waals surface area (Å²) in [7, 11) is -3.49. The van der Waals surface area contributed by atoms with Gasteiger partial charge in [-0.15, -0.1) is 0 Å². The molecule has 1 amide bonds. The van der Waals surface area contributed by atoms with Gasteiger partial charge in [0.15, 0.2) is 0 Å². The number of carbonyl (C=O) groups is 1. The highest BCUT2D eigenvalue weighted by Crippen LogP contribution is 2.24. The largest absolute Gasteiger partial charge is 0.352 e. The van der Waals surface area contributed by atoms with Crippen LogP contribution in [0.5, 0.6) is 0 Å². The fourth-order valence-electron chi connectivity index (χ4n) is 4.35. The predicted molar refractivity (Wildman–Crippen MR) is 115 cm³/mol. The molecule has 0 radical (unpaired) electrons. The smallest absolute Gasteiger partial charge is 0.243 e. The van der Waals surface area contributed by atoms with Gasteiger partial charge in [-0.05, 0) is 62.8 Å². The van der Waals surface area contributed by atoms with Crippen molar-refractivity contribution in [1.29, 1.82) is 0 Å². The average Bonchev–Trinajstić information content (AvgIpc) is 2.71.